The highest BCUT2D eigenvalue weighted by atomic mass is 35.5. The molecule has 1 N–H and O–H groups in total. The first-order valence-corrected chi connectivity index (χ1v) is 6.05. The minimum Gasteiger partial charge on any atom is -0.316 e. The molecule has 1 aliphatic rings. The zero-order chi connectivity index (χ0) is 11.5. The largest absolute Gasteiger partial charge is 0.316 e. The van der Waals surface area contributed by atoms with E-state index in [9.17, 15) is 4.79 Å². The summed E-state index contributed by atoms with van der Waals surface area (Å²) < 4.78 is 1.67. The lowest BCUT2D eigenvalue weighted by molar-refractivity contribution is 0.0954. The first-order valence-electron chi connectivity index (χ1n) is 5.67. The average molecular weight is 242 g/mol. The van der Waals surface area contributed by atoms with Gasteiger partial charge in [0, 0.05) is 13.0 Å². The van der Waals surface area contributed by atoms with Gasteiger partial charge in [0.15, 0.2) is 5.78 Å². The summed E-state index contributed by atoms with van der Waals surface area (Å²) in [5.74, 6) is 0.557. The average Bonchev–Trinajstić information content (AvgIpc) is 2.87. The first-order chi connectivity index (χ1) is 7.72. The Labute approximate surface area is 100.0 Å². The number of Topliss-reactive ketones (excluding diaryl/α,β-unsaturated/α-hetero) is 1. The molecular formula is C11H16ClN3O. The molecule has 1 unspecified atom stereocenters. The van der Waals surface area contributed by atoms with Crippen molar-refractivity contribution in [2.24, 2.45) is 5.92 Å². The van der Waals surface area contributed by atoms with Gasteiger partial charge in [-0.3, -0.25) is 9.48 Å². The van der Waals surface area contributed by atoms with Crippen LogP contribution in [0, 0.1) is 5.92 Å². The van der Waals surface area contributed by atoms with Crippen LogP contribution in [0.5, 0.6) is 0 Å². The molecular weight excluding hydrogens is 226 g/mol. The number of ketones is 1. The quantitative estimate of drug-likeness (QED) is 0.817. The molecule has 1 saturated heterocycles. The molecule has 1 aliphatic heterocycles. The van der Waals surface area contributed by atoms with Crippen molar-refractivity contribution in [1.82, 2.24) is 15.1 Å². The first kappa shape index (κ1) is 11.6. The van der Waals surface area contributed by atoms with Crippen molar-refractivity contribution in [3.8, 4) is 0 Å². The Hall–Kier alpha value is -0.870. The second-order valence-electron chi connectivity index (χ2n) is 4.14. The molecule has 1 aromatic rings. The van der Waals surface area contributed by atoms with E-state index < -0.39 is 0 Å². The van der Waals surface area contributed by atoms with Crippen LogP contribution in [-0.2, 0) is 6.54 Å². The molecule has 2 heterocycles. The number of aryl methyl sites for hydroxylation is 1. The number of carbonyl (C=O) groups is 1. The lowest BCUT2D eigenvalue weighted by Crippen LogP contribution is -2.16. The van der Waals surface area contributed by atoms with E-state index in [4.69, 9.17) is 11.6 Å². The SMILES string of the molecule is CCn1ncc(Cl)c1C(=O)CC1CCNC1. The van der Waals surface area contributed by atoms with Crippen LogP contribution < -0.4 is 5.32 Å². The minimum atomic E-state index is 0.109. The third kappa shape index (κ3) is 2.28. The number of halogens is 1. The molecule has 5 heteroatoms. The van der Waals surface area contributed by atoms with Gasteiger partial charge >= 0.3 is 0 Å². The molecule has 2 rings (SSSR count). The zero-order valence-electron chi connectivity index (χ0n) is 9.37. The van der Waals surface area contributed by atoms with Gasteiger partial charge in [-0.2, -0.15) is 5.10 Å². The highest BCUT2D eigenvalue weighted by Gasteiger charge is 2.23. The lowest BCUT2D eigenvalue weighted by Gasteiger charge is -2.08. The molecule has 1 fully saturated rings. The van der Waals surface area contributed by atoms with Crippen LogP contribution in [0.15, 0.2) is 6.20 Å². The molecule has 0 amide bonds. The predicted octanol–water partition coefficient (Wildman–Crippen LogP) is 1.74. The van der Waals surface area contributed by atoms with Crippen molar-refractivity contribution < 1.29 is 4.79 Å². The van der Waals surface area contributed by atoms with Crippen molar-refractivity contribution >= 4 is 17.4 Å². The summed E-state index contributed by atoms with van der Waals surface area (Å²) in [7, 11) is 0. The number of nitrogens with zero attached hydrogens (tertiary/aromatic N) is 2. The van der Waals surface area contributed by atoms with Gasteiger partial charge in [-0.05, 0) is 32.4 Å². The molecule has 0 bridgehead atoms. The molecule has 16 heavy (non-hydrogen) atoms. The number of hydrogen-bond donors (Lipinski definition) is 1. The fourth-order valence-electron chi connectivity index (χ4n) is 2.13. The maximum atomic E-state index is 12.1. The van der Waals surface area contributed by atoms with Crippen LogP contribution in [0.2, 0.25) is 5.02 Å². The van der Waals surface area contributed by atoms with Gasteiger partial charge in [0.2, 0.25) is 0 Å². The summed E-state index contributed by atoms with van der Waals surface area (Å²) in [4.78, 5) is 12.1. The van der Waals surface area contributed by atoms with E-state index >= 15 is 0 Å². The maximum Gasteiger partial charge on any atom is 0.182 e. The van der Waals surface area contributed by atoms with E-state index in [2.05, 4.69) is 10.4 Å². The van der Waals surface area contributed by atoms with Gasteiger partial charge < -0.3 is 5.32 Å². The topological polar surface area (TPSA) is 46.9 Å². The molecule has 0 saturated carbocycles. The molecule has 88 valence electrons. The standard InChI is InChI=1S/C11H16ClN3O/c1-2-15-11(9(12)7-14-15)10(16)5-8-3-4-13-6-8/h7-8,13H,2-6H2,1H3. The van der Waals surface area contributed by atoms with Gasteiger partial charge in [0.05, 0.1) is 11.2 Å². The van der Waals surface area contributed by atoms with Crippen LogP contribution in [0.3, 0.4) is 0 Å². The van der Waals surface area contributed by atoms with E-state index in [1.54, 1.807) is 10.9 Å². The van der Waals surface area contributed by atoms with E-state index in [1.165, 1.54) is 0 Å². The van der Waals surface area contributed by atoms with E-state index in [0.29, 0.717) is 29.6 Å². The molecule has 0 aliphatic carbocycles. The minimum absolute atomic E-state index is 0.109. The van der Waals surface area contributed by atoms with E-state index in [-0.39, 0.29) is 5.78 Å². The summed E-state index contributed by atoms with van der Waals surface area (Å²) in [6.45, 7) is 4.58. The third-order valence-electron chi connectivity index (χ3n) is 2.99. The maximum absolute atomic E-state index is 12.1. The fourth-order valence-corrected chi connectivity index (χ4v) is 2.37. The Morgan fingerprint density at radius 3 is 3.19 bits per heavy atom. The second kappa shape index (κ2) is 4.97. The van der Waals surface area contributed by atoms with Crippen LogP contribution in [0.4, 0.5) is 0 Å². The molecule has 1 atom stereocenters. The summed E-state index contributed by atoms with van der Waals surface area (Å²) >= 11 is 5.98. The number of hydrogen-bond acceptors (Lipinski definition) is 3. The lowest BCUT2D eigenvalue weighted by atomic mass is 10.0. The second-order valence-corrected chi connectivity index (χ2v) is 4.55. The van der Waals surface area contributed by atoms with Gasteiger partial charge in [-0.25, -0.2) is 0 Å². The predicted molar refractivity (Wildman–Crippen MR) is 62.8 cm³/mol. The van der Waals surface area contributed by atoms with Crippen molar-refractivity contribution in [1.29, 1.82) is 0 Å². The van der Waals surface area contributed by atoms with Crippen molar-refractivity contribution in [2.45, 2.75) is 26.3 Å². The van der Waals surface area contributed by atoms with Gasteiger partial charge in [-0.1, -0.05) is 11.6 Å². The number of carbonyl (C=O) groups excluding carboxylic acids is 1. The molecule has 0 aromatic carbocycles. The molecule has 4 nitrogen and oxygen atoms in total. The Morgan fingerprint density at radius 2 is 2.56 bits per heavy atom. The number of aromatic nitrogens is 2. The Balaban J connectivity index is 2.10. The Morgan fingerprint density at radius 1 is 1.75 bits per heavy atom. The van der Waals surface area contributed by atoms with Crippen LogP contribution >= 0.6 is 11.6 Å². The van der Waals surface area contributed by atoms with Gasteiger partial charge in [-0.15, -0.1) is 0 Å². The molecule has 0 spiro atoms. The number of nitrogens with one attached hydrogen (secondary N) is 1. The Kier molecular flexibility index (Phi) is 3.61. The molecule has 1 aromatic heterocycles. The Bertz CT molecular complexity index is 383. The molecule has 0 radical (unpaired) electrons. The highest BCUT2D eigenvalue weighted by molar-refractivity contribution is 6.33. The van der Waals surface area contributed by atoms with Crippen molar-refractivity contribution in [3.63, 3.8) is 0 Å². The monoisotopic (exact) mass is 241 g/mol. The van der Waals surface area contributed by atoms with Gasteiger partial charge in [0.1, 0.15) is 5.69 Å². The summed E-state index contributed by atoms with van der Waals surface area (Å²) in [6, 6.07) is 0. The number of rotatable bonds is 4. The highest BCUT2D eigenvalue weighted by Crippen LogP contribution is 2.21. The van der Waals surface area contributed by atoms with Crippen LogP contribution in [0.1, 0.15) is 30.3 Å². The van der Waals surface area contributed by atoms with Crippen molar-refractivity contribution in [3.05, 3.63) is 16.9 Å². The van der Waals surface area contributed by atoms with Gasteiger partial charge in [0.25, 0.3) is 0 Å². The normalized spacial score (nSPS) is 20.2. The summed E-state index contributed by atoms with van der Waals surface area (Å²) in [6.07, 6.45) is 3.19. The fraction of sp³-hybridized carbons (Fsp3) is 0.636. The van der Waals surface area contributed by atoms with Crippen LogP contribution in [-0.4, -0.2) is 28.7 Å². The zero-order valence-corrected chi connectivity index (χ0v) is 10.1. The smallest absolute Gasteiger partial charge is 0.182 e. The van der Waals surface area contributed by atoms with Crippen LogP contribution in [0.25, 0.3) is 0 Å². The van der Waals surface area contributed by atoms with E-state index in [0.717, 1.165) is 19.5 Å². The van der Waals surface area contributed by atoms with Crippen molar-refractivity contribution in [2.75, 3.05) is 13.1 Å². The summed E-state index contributed by atoms with van der Waals surface area (Å²) in [5.41, 5.74) is 0.566. The van der Waals surface area contributed by atoms with E-state index in [1.807, 2.05) is 6.92 Å². The summed E-state index contributed by atoms with van der Waals surface area (Å²) in [5, 5.41) is 7.81. The third-order valence-corrected chi connectivity index (χ3v) is 3.27.